The molecular formula is C34H30N4O6S. The average Bonchev–Trinajstić information content (AvgIpc) is 3.71. The van der Waals surface area contributed by atoms with Crippen LogP contribution in [0.25, 0.3) is 11.1 Å². The topological polar surface area (TPSA) is 119 Å². The van der Waals surface area contributed by atoms with Gasteiger partial charge in [-0.25, -0.2) is 9.69 Å². The molecule has 10 nitrogen and oxygen atoms in total. The second-order valence-electron chi connectivity index (χ2n) is 11.4. The van der Waals surface area contributed by atoms with E-state index in [0.29, 0.717) is 22.6 Å². The minimum atomic E-state index is -0.847. The number of fused-ring (bicyclic) bond motifs is 2. The number of urea groups is 1. The summed E-state index contributed by atoms with van der Waals surface area (Å²) < 4.78 is 12.8. The fraction of sp³-hybridized carbons (Fsp3) is 0.235. The van der Waals surface area contributed by atoms with Gasteiger partial charge in [0.25, 0.3) is 17.7 Å². The Morgan fingerprint density at radius 3 is 2.51 bits per heavy atom. The predicted octanol–water partition coefficient (Wildman–Crippen LogP) is 5.99. The Morgan fingerprint density at radius 2 is 1.71 bits per heavy atom. The molecule has 228 valence electrons. The minimum absolute atomic E-state index is 0.0424. The molecule has 0 bridgehead atoms. The number of imide groups is 2. The molecule has 3 aliphatic rings. The first kappa shape index (κ1) is 28.6. The highest BCUT2D eigenvalue weighted by Crippen LogP contribution is 2.40. The molecule has 45 heavy (non-hydrogen) atoms. The van der Waals surface area contributed by atoms with Gasteiger partial charge in [0.05, 0.1) is 11.3 Å². The molecule has 0 radical (unpaired) electrons. The van der Waals surface area contributed by atoms with Gasteiger partial charge in [0.15, 0.2) is 11.5 Å². The molecule has 1 aliphatic carbocycles. The molecule has 1 saturated heterocycles. The lowest BCUT2D eigenvalue weighted by molar-refractivity contribution is -0.122. The highest BCUT2D eigenvalue weighted by atomic mass is 32.1. The van der Waals surface area contributed by atoms with Gasteiger partial charge in [0.2, 0.25) is 6.79 Å². The molecular weight excluding hydrogens is 592 g/mol. The first-order valence-corrected chi connectivity index (χ1v) is 15.5. The van der Waals surface area contributed by atoms with Crippen molar-refractivity contribution >= 4 is 52.5 Å². The van der Waals surface area contributed by atoms with E-state index < -0.39 is 17.8 Å². The van der Waals surface area contributed by atoms with Gasteiger partial charge in [-0.2, -0.15) is 0 Å². The molecule has 4 aromatic rings. The molecule has 2 aromatic carbocycles. The van der Waals surface area contributed by atoms with Gasteiger partial charge < -0.3 is 19.4 Å². The molecule has 2 aliphatic heterocycles. The molecule has 2 N–H and O–H groups in total. The van der Waals surface area contributed by atoms with E-state index in [4.69, 9.17) is 9.47 Å². The fourth-order valence-corrected chi connectivity index (χ4v) is 7.59. The smallest absolute Gasteiger partial charge is 0.335 e. The second-order valence-corrected chi connectivity index (χ2v) is 12.5. The number of hydrogen-bond donors (Lipinski definition) is 2. The number of ether oxygens (including phenoxy) is 2. The molecule has 5 amide bonds. The van der Waals surface area contributed by atoms with Crippen LogP contribution in [-0.2, 0) is 22.4 Å². The van der Waals surface area contributed by atoms with Gasteiger partial charge in [-0.1, -0.05) is 17.7 Å². The lowest BCUT2D eigenvalue weighted by Gasteiger charge is -2.26. The number of rotatable bonds is 5. The van der Waals surface area contributed by atoms with E-state index in [1.54, 1.807) is 23.5 Å². The van der Waals surface area contributed by atoms with Gasteiger partial charge >= 0.3 is 6.03 Å². The number of aromatic nitrogens is 1. The molecule has 4 heterocycles. The Kier molecular flexibility index (Phi) is 7.04. The van der Waals surface area contributed by atoms with Crippen molar-refractivity contribution in [2.24, 2.45) is 0 Å². The Labute approximate surface area is 263 Å². The molecule has 0 saturated carbocycles. The van der Waals surface area contributed by atoms with Crippen LogP contribution in [0.4, 0.5) is 16.2 Å². The van der Waals surface area contributed by atoms with E-state index in [0.717, 1.165) is 63.8 Å². The van der Waals surface area contributed by atoms with E-state index in [1.807, 2.05) is 55.7 Å². The maximum absolute atomic E-state index is 13.8. The van der Waals surface area contributed by atoms with Crippen LogP contribution < -0.4 is 25.0 Å². The number of anilines is 2. The third-order valence-corrected chi connectivity index (χ3v) is 9.66. The number of nitrogens with zero attached hydrogens (tertiary/aromatic N) is 2. The lowest BCUT2D eigenvalue weighted by atomic mass is 9.95. The van der Waals surface area contributed by atoms with E-state index in [2.05, 4.69) is 10.6 Å². The van der Waals surface area contributed by atoms with Gasteiger partial charge in [-0.15, -0.1) is 11.3 Å². The van der Waals surface area contributed by atoms with Crippen molar-refractivity contribution in [2.45, 2.75) is 46.5 Å². The summed E-state index contributed by atoms with van der Waals surface area (Å²) in [6.07, 6.45) is 5.34. The summed E-state index contributed by atoms with van der Waals surface area (Å²) in [7, 11) is 0. The summed E-state index contributed by atoms with van der Waals surface area (Å²) in [6, 6.07) is 13.4. The van der Waals surface area contributed by atoms with E-state index in [1.165, 1.54) is 17.0 Å². The van der Waals surface area contributed by atoms with E-state index >= 15 is 0 Å². The SMILES string of the molecule is Cc1ccc(NC(=O)c2c(-n3c(C)cc(C=C4C(=O)NC(=O)N(c5ccc6c(c5)OCO6)C4=O)c3C)sc3c2CCCC3)cc1. The number of carbonyl (C=O) groups excluding carboxylic acids is 4. The van der Waals surface area contributed by atoms with E-state index in [9.17, 15) is 19.2 Å². The number of aryl methyl sites for hydroxylation is 3. The van der Waals surface area contributed by atoms with Crippen LogP contribution in [-0.4, -0.2) is 35.1 Å². The molecule has 0 atom stereocenters. The summed E-state index contributed by atoms with van der Waals surface area (Å²) in [5.74, 6) is -0.792. The number of carbonyl (C=O) groups is 4. The summed E-state index contributed by atoms with van der Waals surface area (Å²) in [5, 5.41) is 6.18. The largest absolute Gasteiger partial charge is 0.454 e. The fourth-order valence-electron chi connectivity index (χ4n) is 6.09. The first-order valence-electron chi connectivity index (χ1n) is 14.7. The zero-order valence-electron chi connectivity index (χ0n) is 25.0. The number of amides is 5. The van der Waals surface area contributed by atoms with Crippen molar-refractivity contribution in [3.8, 4) is 16.5 Å². The maximum atomic E-state index is 13.8. The number of barbiturate groups is 1. The lowest BCUT2D eigenvalue weighted by Crippen LogP contribution is -2.54. The molecule has 0 unspecified atom stereocenters. The van der Waals surface area contributed by atoms with Gasteiger partial charge in [-0.3, -0.25) is 19.7 Å². The molecule has 7 rings (SSSR count). The van der Waals surface area contributed by atoms with E-state index in [-0.39, 0.29) is 24.0 Å². The van der Waals surface area contributed by atoms with Crippen molar-refractivity contribution in [2.75, 3.05) is 17.0 Å². The highest BCUT2D eigenvalue weighted by Gasteiger charge is 2.38. The number of benzene rings is 2. The summed E-state index contributed by atoms with van der Waals surface area (Å²) in [5.41, 5.74) is 5.86. The Morgan fingerprint density at radius 1 is 0.956 bits per heavy atom. The Bertz CT molecular complexity index is 1950. The van der Waals surface area contributed by atoms with Crippen molar-refractivity contribution in [1.29, 1.82) is 0 Å². The van der Waals surface area contributed by atoms with Crippen LogP contribution in [0.5, 0.6) is 11.5 Å². The quantitative estimate of drug-likeness (QED) is 0.209. The standard InChI is InChI=1S/C34H30N4O6S/c1-18-8-10-22(11-9-18)35-31(40)29-24-6-4-5-7-28(24)45-33(29)37-19(2)14-21(20(37)3)15-25-30(39)36-34(42)38(32(25)41)23-12-13-26-27(16-23)44-17-43-26/h8-16H,4-7,17H2,1-3H3,(H,35,40)(H,36,39,42). The van der Waals surface area contributed by atoms with Crippen LogP contribution >= 0.6 is 11.3 Å². The van der Waals surface area contributed by atoms with Crippen molar-refractivity contribution < 1.29 is 28.7 Å². The number of thiophene rings is 1. The second kappa shape index (κ2) is 11.1. The zero-order valence-corrected chi connectivity index (χ0v) is 25.8. The monoisotopic (exact) mass is 622 g/mol. The Balaban J connectivity index is 1.27. The number of nitrogens with one attached hydrogen (secondary N) is 2. The zero-order chi connectivity index (χ0) is 31.4. The van der Waals surface area contributed by atoms with Crippen molar-refractivity contribution in [3.05, 3.63) is 92.6 Å². The summed E-state index contributed by atoms with van der Waals surface area (Å²) in [6.45, 7) is 5.87. The molecule has 11 heteroatoms. The molecule has 1 fully saturated rings. The normalized spacial score (nSPS) is 16.6. The maximum Gasteiger partial charge on any atom is 0.335 e. The molecule has 0 spiro atoms. The van der Waals surface area contributed by atoms with Crippen molar-refractivity contribution in [1.82, 2.24) is 9.88 Å². The third-order valence-electron chi connectivity index (χ3n) is 8.38. The van der Waals surface area contributed by atoms with Gasteiger partial charge in [0, 0.05) is 28.0 Å². The van der Waals surface area contributed by atoms with Crippen LogP contribution in [0.2, 0.25) is 0 Å². The highest BCUT2D eigenvalue weighted by molar-refractivity contribution is 7.15. The van der Waals surface area contributed by atoms with Gasteiger partial charge in [-0.05, 0) is 94.0 Å². The Hall–Kier alpha value is -5.16. The van der Waals surface area contributed by atoms with Crippen LogP contribution in [0.1, 0.15) is 56.2 Å². The molecule has 2 aromatic heterocycles. The minimum Gasteiger partial charge on any atom is -0.454 e. The van der Waals surface area contributed by atoms with Crippen LogP contribution in [0.3, 0.4) is 0 Å². The van der Waals surface area contributed by atoms with Crippen LogP contribution in [0.15, 0.2) is 54.1 Å². The summed E-state index contributed by atoms with van der Waals surface area (Å²) in [4.78, 5) is 55.4. The number of hydrogen-bond acceptors (Lipinski definition) is 7. The third kappa shape index (κ3) is 4.98. The van der Waals surface area contributed by atoms with Crippen LogP contribution in [0, 0.1) is 20.8 Å². The van der Waals surface area contributed by atoms with Gasteiger partial charge in [0.1, 0.15) is 10.6 Å². The average molecular weight is 623 g/mol. The summed E-state index contributed by atoms with van der Waals surface area (Å²) >= 11 is 1.61. The first-order chi connectivity index (χ1) is 21.7. The predicted molar refractivity (Wildman–Crippen MR) is 170 cm³/mol. The van der Waals surface area contributed by atoms with Crippen molar-refractivity contribution in [3.63, 3.8) is 0 Å².